The van der Waals surface area contributed by atoms with Crippen LogP contribution in [0, 0.1) is 5.82 Å². The number of hydrogen-bond donors (Lipinski definition) is 1. The van der Waals surface area contributed by atoms with Crippen LogP contribution < -0.4 is 5.32 Å². The number of halogens is 2. The Balaban J connectivity index is 2.64. The highest BCUT2D eigenvalue weighted by atomic mass is 35.5. The van der Waals surface area contributed by atoms with Gasteiger partial charge in [0.15, 0.2) is 0 Å². The van der Waals surface area contributed by atoms with E-state index in [0.29, 0.717) is 17.0 Å². The average Bonchev–Trinajstić information content (AvgIpc) is 2.10. The van der Waals surface area contributed by atoms with Gasteiger partial charge in [0.1, 0.15) is 5.82 Å². The second-order valence-corrected chi connectivity index (χ2v) is 3.21. The van der Waals surface area contributed by atoms with Crippen LogP contribution in [0.5, 0.6) is 0 Å². The second kappa shape index (κ2) is 5.20. The van der Waals surface area contributed by atoms with Crippen LogP contribution in [0.15, 0.2) is 18.2 Å². The van der Waals surface area contributed by atoms with Gasteiger partial charge in [-0.15, -0.1) is 0 Å². The van der Waals surface area contributed by atoms with Gasteiger partial charge in [-0.2, -0.15) is 0 Å². The first kappa shape index (κ1) is 10.5. The van der Waals surface area contributed by atoms with Crippen LogP contribution in [0.2, 0.25) is 5.02 Å². The summed E-state index contributed by atoms with van der Waals surface area (Å²) in [6, 6.07) is 4.77. The van der Waals surface area contributed by atoms with Crippen LogP contribution in [-0.4, -0.2) is 13.1 Å². The van der Waals surface area contributed by atoms with Gasteiger partial charge >= 0.3 is 0 Å². The van der Waals surface area contributed by atoms with E-state index in [4.69, 9.17) is 11.6 Å². The van der Waals surface area contributed by atoms with Gasteiger partial charge in [-0.25, -0.2) is 4.39 Å². The third kappa shape index (κ3) is 2.98. The number of likely N-dealkylation sites (N-methyl/N-ethyl adjacent to an activating group) is 1. The zero-order valence-electron chi connectivity index (χ0n) is 7.61. The number of nitrogens with one attached hydrogen (secondary N) is 1. The van der Waals surface area contributed by atoms with Gasteiger partial charge in [-0.3, -0.25) is 0 Å². The minimum Gasteiger partial charge on any atom is -0.317 e. The number of rotatable bonds is 4. The molecule has 3 heteroatoms. The average molecular weight is 202 g/mol. The molecule has 0 radical (unpaired) electrons. The molecular weight excluding hydrogens is 189 g/mol. The summed E-state index contributed by atoms with van der Waals surface area (Å²) in [6.45, 7) is 3.67. The maximum atomic E-state index is 13.2. The maximum absolute atomic E-state index is 13.2. The van der Waals surface area contributed by atoms with Crippen molar-refractivity contribution in [2.24, 2.45) is 0 Å². The van der Waals surface area contributed by atoms with Crippen molar-refractivity contribution in [1.82, 2.24) is 5.32 Å². The molecule has 0 spiro atoms. The molecule has 1 nitrogen and oxygen atoms in total. The van der Waals surface area contributed by atoms with Crippen molar-refractivity contribution in [3.05, 3.63) is 34.6 Å². The van der Waals surface area contributed by atoms with E-state index >= 15 is 0 Å². The third-order valence-corrected chi connectivity index (χ3v) is 2.22. The molecular formula is C10H13ClFN. The van der Waals surface area contributed by atoms with E-state index in [-0.39, 0.29) is 5.82 Å². The van der Waals surface area contributed by atoms with Gasteiger partial charge in [0.25, 0.3) is 0 Å². The van der Waals surface area contributed by atoms with Gasteiger partial charge in [0, 0.05) is 10.6 Å². The van der Waals surface area contributed by atoms with E-state index in [0.717, 1.165) is 13.1 Å². The lowest BCUT2D eigenvalue weighted by Crippen LogP contribution is -2.16. The van der Waals surface area contributed by atoms with Crippen LogP contribution in [0.3, 0.4) is 0 Å². The summed E-state index contributed by atoms with van der Waals surface area (Å²) in [5, 5.41) is 3.64. The number of hydrogen-bond acceptors (Lipinski definition) is 1. The molecule has 13 heavy (non-hydrogen) atoms. The van der Waals surface area contributed by atoms with E-state index in [1.807, 2.05) is 6.92 Å². The fourth-order valence-corrected chi connectivity index (χ4v) is 1.42. The van der Waals surface area contributed by atoms with Crippen molar-refractivity contribution in [3.63, 3.8) is 0 Å². The molecule has 1 aromatic carbocycles. The van der Waals surface area contributed by atoms with Crippen LogP contribution >= 0.6 is 11.6 Å². The molecule has 0 unspecified atom stereocenters. The predicted octanol–water partition coefficient (Wildman–Crippen LogP) is 2.63. The Bertz CT molecular complexity index is 255. The van der Waals surface area contributed by atoms with Gasteiger partial charge < -0.3 is 5.32 Å². The molecule has 1 rings (SSSR count). The zero-order chi connectivity index (χ0) is 9.68. The summed E-state index contributed by atoms with van der Waals surface area (Å²) < 4.78 is 13.2. The van der Waals surface area contributed by atoms with Crippen molar-refractivity contribution >= 4 is 11.6 Å². The summed E-state index contributed by atoms with van der Waals surface area (Å²) in [6.07, 6.45) is 0.638. The Kier molecular flexibility index (Phi) is 4.19. The van der Waals surface area contributed by atoms with Crippen molar-refractivity contribution < 1.29 is 4.39 Å². The lowest BCUT2D eigenvalue weighted by atomic mass is 10.1. The van der Waals surface area contributed by atoms with E-state index in [2.05, 4.69) is 5.32 Å². The molecule has 0 bridgehead atoms. The van der Waals surface area contributed by atoms with Gasteiger partial charge in [-0.1, -0.05) is 24.6 Å². The molecule has 0 fully saturated rings. The molecule has 1 N–H and O–H groups in total. The molecule has 0 aliphatic heterocycles. The Morgan fingerprint density at radius 1 is 1.46 bits per heavy atom. The van der Waals surface area contributed by atoms with E-state index in [1.165, 1.54) is 6.07 Å². The molecule has 0 aliphatic rings. The predicted molar refractivity (Wildman–Crippen MR) is 53.7 cm³/mol. The standard InChI is InChI=1S/C10H13ClFN/c1-2-13-7-6-8-9(11)4-3-5-10(8)12/h3-5,13H,2,6-7H2,1H3. The monoisotopic (exact) mass is 201 g/mol. The highest BCUT2D eigenvalue weighted by molar-refractivity contribution is 6.31. The van der Waals surface area contributed by atoms with Crippen LogP contribution in [0.1, 0.15) is 12.5 Å². The highest BCUT2D eigenvalue weighted by Crippen LogP contribution is 2.18. The lowest BCUT2D eigenvalue weighted by molar-refractivity contribution is 0.601. The normalized spacial score (nSPS) is 10.4. The van der Waals surface area contributed by atoms with Crippen LogP contribution in [0.25, 0.3) is 0 Å². The van der Waals surface area contributed by atoms with Gasteiger partial charge in [-0.05, 0) is 31.6 Å². The summed E-state index contributed by atoms with van der Waals surface area (Å²) >= 11 is 5.84. The molecule has 1 aromatic rings. The molecule has 0 saturated carbocycles. The smallest absolute Gasteiger partial charge is 0.127 e. The van der Waals surface area contributed by atoms with Crippen LogP contribution in [-0.2, 0) is 6.42 Å². The summed E-state index contributed by atoms with van der Waals surface area (Å²) in [5.74, 6) is -0.217. The molecule has 0 aromatic heterocycles. The quantitative estimate of drug-likeness (QED) is 0.739. The third-order valence-electron chi connectivity index (χ3n) is 1.86. The Morgan fingerprint density at radius 2 is 2.23 bits per heavy atom. The van der Waals surface area contributed by atoms with Crippen molar-refractivity contribution in [1.29, 1.82) is 0 Å². The van der Waals surface area contributed by atoms with Crippen molar-refractivity contribution in [3.8, 4) is 0 Å². The molecule has 0 heterocycles. The first-order valence-corrected chi connectivity index (χ1v) is 4.77. The fourth-order valence-electron chi connectivity index (χ4n) is 1.16. The van der Waals surface area contributed by atoms with Crippen LogP contribution in [0.4, 0.5) is 4.39 Å². The highest BCUT2D eigenvalue weighted by Gasteiger charge is 2.05. The minimum absolute atomic E-state index is 0.217. The van der Waals surface area contributed by atoms with Gasteiger partial charge in [0.05, 0.1) is 0 Å². The fraction of sp³-hybridized carbons (Fsp3) is 0.400. The SMILES string of the molecule is CCNCCc1c(F)cccc1Cl. The molecule has 0 aliphatic carbocycles. The largest absolute Gasteiger partial charge is 0.317 e. The zero-order valence-corrected chi connectivity index (χ0v) is 8.37. The summed E-state index contributed by atoms with van der Waals surface area (Å²) in [5.41, 5.74) is 0.602. The molecule has 0 atom stereocenters. The molecule has 0 amide bonds. The van der Waals surface area contributed by atoms with E-state index in [9.17, 15) is 4.39 Å². The Morgan fingerprint density at radius 3 is 2.85 bits per heavy atom. The van der Waals surface area contributed by atoms with E-state index in [1.54, 1.807) is 12.1 Å². The topological polar surface area (TPSA) is 12.0 Å². The minimum atomic E-state index is -0.217. The van der Waals surface area contributed by atoms with E-state index < -0.39 is 0 Å². The first-order valence-electron chi connectivity index (χ1n) is 4.39. The maximum Gasteiger partial charge on any atom is 0.127 e. The summed E-state index contributed by atoms with van der Waals surface area (Å²) in [4.78, 5) is 0. The Hall–Kier alpha value is -0.600. The molecule has 0 saturated heterocycles. The summed E-state index contributed by atoms with van der Waals surface area (Å²) in [7, 11) is 0. The molecule has 72 valence electrons. The number of benzene rings is 1. The first-order chi connectivity index (χ1) is 6.25. The van der Waals surface area contributed by atoms with Crippen molar-refractivity contribution in [2.75, 3.05) is 13.1 Å². The van der Waals surface area contributed by atoms with Gasteiger partial charge in [0.2, 0.25) is 0 Å². The van der Waals surface area contributed by atoms with Crippen molar-refractivity contribution in [2.45, 2.75) is 13.3 Å². The second-order valence-electron chi connectivity index (χ2n) is 2.80. The Labute approximate surface area is 82.9 Å². The lowest BCUT2D eigenvalue weighted by Gasteiger charge is -2.05.